The Morgan fingerprint density at radius 2 is 2.33 bits per heavy atom. The van der Waals surface area contributed by atoms with Crippen molar-refractivity contribution in [3.8, 4) is 0 Å². The van der Waals surface area contributed by atoms with Crippen LogP contribution in [0.1, 0.15) is 33.5 Å². The lowest BCUT2D eigenvalue weighted by molar-refractivity contribution is -0.00338. The van der Waals surface area contributed by atoms with E-state index in [-0.39, 0.29) is 11.9 Å². The average Bonchev–Trinajstić information content (AvgIpc) is 3.19. The van der Waals surface area contributed by atoms with Crippen LogP contribution < -0.4 is 0 Å². The monoisotopic (exact) mass is 333 g/mol. The Kier molecular flexibility index (Phi) is 4.96. The van der Waals surface area contributed by atoms with Gasteiger partial charge in [0.2, 0.25) is 0 Å². The summed E-state index contributed by atoms with van der Waals surface area (Å²) < 4.78 is 12.4. The molecule has 0 aliphatic carbocycles. The normalized spacial score (nSPS) is 18.1. The van der Waals surface area contributed by atoms with Gasteiger partial charge in [0, 0.05) is 31.1 Å². The van der Waals surface area contributed by atoms with Crippen LogP contribution in [0.4, 0.5) is 0 Å². The number of amides is 1. The Hall–Kier alpha value is -2.19. The number of nitrogens with zero attached hydrogens (tertiary/aromatic N) is 4. The molecule has 1 atom stereocenters. The zero-order chi connectivity index (χ0) is 17.1. The molecular formula is C16H23N5O3. The summed E-state index contributed by atoms with van der Waals surface area (Å²) in [4.78, 5) is 14.8. The average molecular weight is 333 g/mol. The number of ether oxygens (including phenoxy) is 2. The molecule has 1 fully saturated rings. The molecular weight excluding hydrogens is 310 g/mol. The smallest absolute Gasteiger partial charge is 0.275 e. The molecule has 8 nitrogen and oxygen atoms in total. The predicted octanol–water partition coefficient (Wildman–Crippen LogP) is 1.08. The highest BCUT2D eigenvalue weighted by molar-refractivity contribution is 5.92. The Labute approximate surface area is 140 Å². The van der Waals surface area contributed by atoms with Crippen LogP contribution in [0.15, 0.2) is 12.3 Å². The molecule has 3 rings (SSSR count). The van der Waals surface area contributed by atoms with E-state index in [4.69, 9.17) is 9.47 Å². The van der Waals surface area contributed by atoms with Crippen molar-refractivity contribution in [3.63, 3.8) is 0 Å². The van der Waals surface area contributed by atoms with Gasteiger partial charge >= 0.3 is 0 Å². The highest BCUT2D eigenvalue weighted by Gasteiger charge is 2.33. The van der Waals surface area contributed by atoms with Crippen LogP contribution in [0, 0.1) is 13.8 Å². The van der Waals surface area contributed by atoms with Crippen LogP contribution >= 0.6 is 0 Å². The maximum Gasteiger partial charge on any atom is 0.275 e. The molecule has 1 aliphatic rings. The first-order valence-electron chi connectivity index (χ1n) is 8.04. The van der Waals surface area contributed by atoms with Gasteiger partial charge in [-0.05, 0) is 19.9 Å². The minimum Gasteiger partial charge on any atom is -0.383 e. The first-order chi connectivity index (χ1) is 11.6. The number of aromatic amines is 1. The van der Waals surface area contributed by atoms with Gasteiger partial charge in [0.25, 0.3) is 5.91 Å². The fourth-order valence-electron chi connectivity index (χ4n) is 3.07. The number of H-pyrrole nitrogens is 1. The number of methoxy groups -OCH3 is 1. The van der Waals surface area contributed by atoms with E-state index in [1.54, 1.807) is 24.1 Å². The summed E-state index contributed by atoms with van der Waals surface area (Å²) >= 11 is 0. The Morgan fingerprint density at radius 1 is 1.50 bits per heavy atom. The van der Waals surface area contributed by atoms with E-state index in [0.717, 1.165) is 17.0 Å². The molecule has 1 amide bonds. The van der Waals surface area contributed by atoms with Gasteiger partial charge in [0.05, 0.1) is 38.1 Å². The van der Waals surface area contributed by atoms with Crippen molar-refractivity contribution < 1.29 is 14.3 Å². The van der Waals surface area contributed by atoms with Gasteiger partial charge in [-0.2, -0.15) is 10.2 Å². The van der Waals surface area contributed by atoms with Gasteiger partial charge in [-0.15, -0.1) is 0 Å². The summed E-state index contributed by atoms with van der Waals surface area (Å²) in [5.41, 5.74) is 3.33. The molecule has 130 valence electrons. The van der Waals surface area contributed by atoms with Crippen molar-refractivity contribution in [1.29, 1.82) is 0 Å². The number of morpholine rings is 1. The minimum atomic E-state index is -0.144. The van der Waals surface area contributed by atoms with Crippen LogP contribution in [0.5, 0.6) is 0 Å². The number of hydrogen-bond acceptors (Lipinski definition) is 5. The molecule has 8 heteroatoms. The maximum atomic E-state index is 12.9. The van der Waals surface area contributed by atoms with E-state index in [1.807, 2.05) is 18.7 Å². The van der Waals surface area contributed by atoms with Gasteiger partial charge in [0.15, 0.2) is 0 Å². The Morgan fingerprint density at radius 3 is 3.04 bits per heavy atom. The molecule has 0 radical (unpaired) electrons. The SMILES string of the molecule is COCCn1ccc(C(=O)N2CCOC[C@H]2c2c(C)n[nH]c2C)n1. The van der Waals surface area contributed by atoms with E-state index in [0.29, 0.717) is 38.6 Å². The second-order valence-corrected chi connectivity index (χ2v) is 5.89. The number of nitrogens with one attached hydrogen (secondary N) is 1. The third-order valence-corrected chi connectivity index (χ3v) is 4.29. The second-order valence-electron chi connectivity index (χ2n) is 5.89. The number of carbonyl (C=O) groups excluding carboxylic acids is 1. The Bertz CT molecular complexity index is 689. The van der Waals surface area contributed by atoms with Gasteiger partial charge in [-0.3, -0.25) is 14.6 Å². The van der Waals surface area contributed by atoms with E-state index >= 15 is 0 Å². The maximum absolute atomic E-state index is 12.9. The van der Waals surface area contributed by atoms with Gasteiger partial charge < -0.3 is 14.4 Å². The number of aryl methyl sites for hydroxylation is 2. The third-order valence-electron chi connectivity index (χ3n) is 4.29. The van der Waals surface area contributed by atoms with Crippen molar-refractivity contribution in [3.05, 3.63) is 34.9 Å². The highest BCUT2D eigenvalue weighted by atomic mass is 16.5. The number of rotatable bonds is 5. The van der Waals surface area contributed by atoms with E-state index in [9.17, 15) is 4.79 Å². The van der Waals surface area contributed by atoms with Crippen molar-refractivity contribution in [1.82, 2.24) is 24.9 Å². The summed E-state index contributed by atoms with van der Waals surface area (Å²) in [5, 5.41) is 11.6. The first-order valence-corrected chi connectivity index (χ1v) is 8.04. The highest BCUT2D eigenvalue weighted by Crippen LogP contribution is 2.29. The number of aromatic nitrogens is 4. The summed E-state index contributed by atoms with van der Waals surface area (Å²) in [5.74, 6) is -0.0838. The zero-order valence-corrected chi connectivity index (χ0v) is 14.3. The van der Waals surface area contributed by atoms with Crippen LogP contribution in [0.3, 0.4) is 0 Å². The molecule has 1 saturated heterocycles. The number of hydrogen-bond donors (Lipinski definition) is 1. The zero-order valence-electron chi connectivity index (χ0n) is 14.3. The largest absolute Gasteiger partial charge is 0.383 e. The summed E-state index contributed by atoms with van der Waals surface area (Å²) in [6, 6.07) is 1.61. The molecule has 3 heterocycles. The van der Waals surface area contributed by atoms with Gasteiger partial charge in [-0.1, -0.05) is 0 Å². The Balaban J connectivity index is 1.82. The predicted molar refractivity (Wildman–Crippen MR) is 86.8 cm³/mol. The quantitative estimate of drug-likeness (QED) is 0.885. The standard InChI is InChI=1S/C16H23N5O3/c1-11-15(12(2)18-17-11)14-10-24-9-7-21(14)16(22)13-4-5-20(19-13)6-8-23-3/h4-5,14H,6-10H2,1-3H3,(H,17,18)/t14-/m0/s1. The van der Waals surface area contributed by atoms with Crippen LogP contribution in [0.25, 0.3) is 0 Å². The number of carbonyl (C=O) groups is 1. The molecule has 0 aromatic carbocycles. The van der Waals surface area contributed by atoms with Crippen LogP contribution in [-0.2, 0) is 16.0 Å². The molecule has 1 N–H and O–H groups in total. The van der Waals surface area contributed by atoms with Crippen LogP contribution in [-0.4, -0.2) is 64.3 Å². The van der Waals surface area contributed by atoms with Crippen molar-refractivity contribution in [2.75, 3.05) is 33.5 Å². The molecule has 0 saturated carbocycles. The lowest BCUT2D eigenvalue weighted by atomic mass is 10.0. The molecule has 0 bridgehead atoms. The summed E-state index contributed by atoms with van der Waals surface area (Å²) in [6.07, 6.45) is 1.80. The molecule has 2 aromatic heterocycles. The van der Waals surface area contributed by atoms with Crippen LogP contribution in [0.2, 0.25) is 0 Å². The van der Waals surface area contributed by atoms with Crippen molar-refractivity contribution in [2.45, 2.75) is 26.4 Å². The topological polar surface area (TPSA) is 85.3 Å². The van der Waals surface area contributed by atoms with E-state index < -0.39 is 0 Å². The lowest BCUT2D eigenvalue weighted by Gasteiger charge is -2.35. The fourth-order valence-corrected chi connectivity index (χ4v) is 3.07. The second kappa shape index (κ2) is 7.14. The fraction of sp³-hybridized carbons (Fsp3) is 0.562. The molecule has 2 aromatic rings. The third kappa shape index (κ3) is 3.20. The van der Waals surface area contributed by atoms with E-state index in [2.05, 4.69) is 15.3 Å². The van der Waals surface area contributed by atoms with Gasteiger partial charge in [-0.25, -0.2) is 0 Å². The lowest BCUT2D eigenvalue weighted by Crippen LogP contribution is -2.44. The van der Waals surface area contributed by atoms with Gasteiger partial charge in [0.1, 0.15) is 5.69 Å². The summed E-state index contributed by atoms with van der Waals surface area (Å²) in [7, 11) is 1.64. The van der Waals surface area contributed by atoms with Crippen molar-refractivity contribution in [2.24, 2.45) is 0 Å². The molecule has 0 unspecified atom stereocenters. The molecule has 0 spiro atoms. The summed E-state index contributed by atoms with van der Waals surface area (Å²) in [6.45, 7) is 6.62. The first kappa shape index (κ1) is 16.7. The minimum absolute atomic E-state index is 0.0838. The molecule has 24 heavy (non-hydrogen) atoms. The van der Waals surface area contributed by atoms with E-state index in [1.165, 1.54) is 0 Å². The molecule has 1 aliphatic heterocycles. The van der Waals surface area contributed by atoms with Crippen molar-refractivity contribution >= 4 is 5.91 Å².